The molecule has 0 spiro atoms. The molecule has 7 nitrogen and oxygen atoms in total. The highest BCUT2D eigenvalue weighted by molar-refractivity contribution is 7.89. The van der Waals surface area contributed by atoms with Crippen molar-refractivity contribution >= 4 is 21.6 Å². The van der Waals surface area contributed by atoms with E-state index in [1.165, 1.54) is 4.31 Å². The van der Waals surface area contributed by atoms with E-state index >= 15 is 0 Å². The summed E-state index contributed by atoms with van der Waals surface area (Å²) in [5.74, 6) is 0.903. The summed E-state index contributed by atoms with van der Waals surface area (Å²) in [5.41, 5.74) is 1.04. The van der Waals surface area contributed by atoms with E-state index < -0.39 is 10.0 Å². The van der Waals surface area contributed by atoms with Crippen molar-refractivity contribution in [3.8, 4) is 5.75 Å². The number of hydrogen-bond donors (Lipinski definition) is 0. The Balaban J connectivity index is 1.46. The smallest absolute Gasteiger partial charge is 0.242 e. The number of benzene rings is 2. The van der Waals surface area contributed by atoms with E-state index in [9.17, 15) is 13.2 Å². The van der Waals surface area contributed by atoms with Gasteiger partial charge < -0.3 is 14.5 Å². The lowest BCUT2D eigenvalue weighted by molar-refractivity contribution is -0.131. The molecule has 0 aliphatic carbocycles. The fourth-order valence-electron chi connectivity index (χ4n) is 3.59. The average molecular weight is 432 g/mol. The summed E-state index contributed by atoms with van der Waals surface area (Å²) in [4.78, 5) is 16.9. The third-order valence-corrected chi connectivity index (χ3v) is 7.24. The molecule has 2 aromatic carbocycles. The van der Waals surface area contributed by atoms with Crippen molar-refractivity contribution in [2.24, 2.45) is 0 Å². The summed E-state index contributed by atoms with van der Waals surface area (Å²) >= 11 is 0. The summed E-state index contributed by atoms with van der Waals surface area (Å²) in [6.45, 7) is 3.09. The number of piperazine rings is 1. The standard InChI is InChI=1S/C22H29N3O4S/c1-23(30(27,28)19-9-4-3-5-10-19)14-8-13-22(26)25-17-15-24(16-18-25)20-11-6-7-12-21(20)29-2/h3-7,9-12H,8,13-18H2,1-2H3. The molecule has 162 valence electrons. The molecule has 0 bridgehead atoms. The van der Waals surface area contributed by atoms with Crippen LogP contribution in [-0.4, -0.2) is 70.4 Å². The first-order valence-electron chi connectivity index (χ1n) is 10.1. The van der Waals surface area contributed by atoms with Crippen LogP contribution >= 0.6 is 0 Å². The molecule has 2 aromatic rings. The zero-order chi connectivity index (χ0) is 21.6. The molecule has 30 heavy (non-hydrogen) atoms. The Morgan fingerprint density at radius 3 is 2.30 bits per heavy atom. The minimum Gasteiger partial charge on any atom is -0.495 e. The van der Waals surface area contributed by atoms with E-state index in [0.717, 1.165) is 24.5 Å². The van der Waals surface area contributed by atoms with Crippen molar-refractivity contribution in [2.45, 2.75) is 17.7 Å². The third-order valence-electron chi connectivity index (χ3n) is 5.37. The molecule has 1 saturated heterocycles. The summed E-state index contributed by atoms with van der Waals surface area (Å²) in [6.07, 6.45) is 0.831. The number of carbonyl (C=O) groups is 1. The first-order valence-corrected chi connectivity index (χ1v) is 11.5. The second-order valence-electron chi connectivity index (χ2n) is 7.28. The normalized spacial score (nSPS) is 14.8. The molecule has 0 aromatic heterocycles. The SMILES string of the molecule is COc1ccccc1N1CCN(C(=O)CCCN(C)S(=O)(=O)c2ccccc2)CC1. The highest BCUT2D eigenvalue weighted by atomic mass is 32.2. The summed E-state index contributed by atoms with van der Waals surface area (Å²) in [5, 5.41) is 0. The molecule has 8 heteroatoms. The molecule has 3 rings (SSSR count). The Hall–Kier alpha value is -2.58. The lowest BCUT2D eigenvalue weighted by Crippen LogP contribution is -2.49. The Labute approximate surface area is 178 Å². The van der Waals surface area contributed by atoms with Gasteiger partial charge in [0.2, 0.25) is 15.9 Å². The molecule has 0 unspecified atom stereocenters. The van der Waals surface area contributed by atoms with Crippen molar-refractivity contribution < 1.29 is 17.9 Å². The number of hydrogen-bond acceptors (Lipinski definition) is 5. The van der Waals surface area contributed by atoms with E-state index in [0.29, 0.717) is 32.5 Å². The number of rotatable bonds is 8. The fourth-order valence-corrected chi connectivity index (χ4v) is 4.82. The van der Waals surface area contributed by atoms with Gasteiger partial charge in [-0.05, 0) is 30.7 Å². The van der Waals surface area contributed by atoms with Gasteiger partial charge in [-0.3, -0.25) is 4.79 Å². The van der Waals surface area contributed by atoms with Crippen LogP contribution in [0.3, 0.4) is 0 Å². The van der Waals surface area contributed by atoms with Crippen LogP contribution < -0.4 is 9.64 Å². The Bertz CT molecular complexity index is 942. The number of methoxy groups -OCH3 is 1. The zero-order valence-electron chi connectivity index (χ0n) is 17.5. The Kier molecular flexibility index (Phi) is 7.33. The van der Waals surface area contributed by atoms with Gasteiger partial charge in [0, 0.05) is 46.2 Å². The van der Waals surface area contributed by atoms with Crippen LogP contribution in [-0.2, 0) is 14.8 Å². The second-order valence-corrected chi connectivity index (χ2v) is 9.33. The van der Waals surface area contributed by atoms with Crippen LogP contribution in [0.25, 0.3) is 0 Å². The number of amides is 1. The zero-order valence-corrected chi connectivity index (χ0v) is 18.3. The lowest BCUT2D eigenvalue weighted by Gasteiger charge is -2.36. The van der Waals surface area contributed by atoms with Crippen molar-refractivity contribution in [3.63, 3.8) is 0 Å². The monoisotopic (exact) mass is 431 g/mol. The number of para-hydroxylation sites is 2. The van der Waals surface area contributed by atoms with Crippen LogP contribution in [0, 0.1) is 0 Å². The van der Waals surface area contributed by atoms with E-state index in [1.807, 2.05) is 29.2 Å². The van der Waals surface area contributed by atoms with Crippen molar-refractivity contribution in [1.82, 2.24) is 9.21 Å². The van der Waals surface area contributed by atoms with E-state index in [4.69, 9.17) is 4.74 Å². The van der Waals surface area contributed by atoms with Gasteiger partial charge in [0.25, 0.3) is 0 Å². The molecule has 1 aliphatic rings. The maximum absolute atomic E-state index is 12.6. The summed E-state index contributed by atoms with van der Waals surface area (Å²) in [7, 11) is -0.302. The van der Waals surface area contributed by atoms with Crippen LogP contribution in [0.2, 0.25) is 0 Å². The van der Waals surface area contributed by atoms with Gasteiger partial charge in [-0.15, -0.1) is 0 Å². The lowest BCUT2D eigenvalue weighted by atomic mass is 10.2. The molecule has 1 amide bonds. The predicted octanol–water partition coefficient (Wildman–Crippen LogP) is 2.44. The van der Waals surface area contributed by atoms with Gasteiger partial charge in [-0.1, -0.05) is 30.3 Å². The van der Waals surface area contributed by atoms with Crippen LogP contribution in [0.5, 0.6) is 5.75 Å². The Morgan fingerprint density at radius 2 is 1.63 bits per heavy atom. The minimum atomic E-state index is -3.52. The molecule has 1 aliphatic heterocycles. The predicted molar refractivity (Wildman–Crippen MR) is 117 cm³/mol. The van der Waals surface area contributed by atoms with E-state index in [1.54, 1.807) is 44.5 Å². The highest BCUT2D eigenvalue weighted by Gasteiger charge is 2.24. The minimum absolute atomic E-state index is 0.0696. The molecule has 1 heterocycles. The Morgan fingerprint density at radius 1 is 1.00 bits per heavy atom. The number of carbonyl (C=O) groups excluding carboxylic acids is 1. The molecule has 0 atom stereocenters. The highest BCUT2D eigenvalue weighted by Crippen LogP contribution is 2.28. The maximum Gasteiger partial charge on any atom is 0.242 e. The maximum atomic E-state index is 12.6. The van der Waals surface area contributed by atoms with Gasteiger partial charge in [-0.2, -0.15) is 0 Å². The van der Waals surface area contributed by atoms with Crippen LogP contribution in [0.1, 0.15) is 12.8 Å². The third kappa shape index (κ3) is 5.12. The molecule has 0 radical (unpaired) electrons. The number of anilines is 1. The van der Waals surface area contributed by atoms with Crippen molar-refractivity contribution in [3.05, 3.63) is 54.6 Å². The van der Waals surface area contributed by atoms with Crippen molar-refractivity contribution in [1.29, 1.82) is 0 Å². The van der Waals surface area contributed by atoms with Gasteiger partial charge in [-0.25, -0.2) is 12.7 Å². The topological polar surface area (TPSA) is 70.2 Å². The molecular formula is C22H29N3O4S. The molecule has 0 saturated carbocycles. The average Bonchev–Trinajstić information content (AvgIpc) is 2.79. The number of sulfonamides is 1. The summed E-state index contributed by atoms with van der Waals surface area (Å²) < 4.78 is 31.8. The van der Waals surface area contributed by atoms with Crippen molar-refractivity contribution in [2.75, 3.05) is 51.8 Å². The largest absolute Gasteiger partial charge is 0.495 e. The molecule has 1 fully saturated rings. The first-order chi connectivity index (χ1) is 14.4. The molecular weight excluding hydrogens is 402 g/mol. The van der Waals surface area contributed by atoms with E-state index in [-0.39, 0.29) is 10.8 Å². The second kappa shape index (κ2) is 9.95. The first kappa shape index (κ1) is 22.1. The molecule has 0 N–H and O–H groups in total. The number of ether oxygens (including phenoxy) is 1. The van der Waals surface area contributed by atoms with Gasteiger partial charge >= 0.3 is 0 Å². The van der Waals surface area contributed by atoms with Crippen LogP contribution in [0.4, 0.5) is 5.69 Å². The fraction of sp³-hybridized carbons (Fsp3) is 0.409. The summed E-state index contributed by atoms with van der Waals surface area (Å²) in [6, 6.07) is 16.2. The van der Waals surface area contributed by atoms with Gasteiger partial charge in [0.1, 0.15) is 5.75 Å². The van der Waals surface area contributed by atoms with Gasteiger partial charge in [0.05, 0.1) is 17.7 Å². The van der Waals surface area contributed by atoms with Crippen LogP contribution in [0.15, 0.2) is 59.5 Å². The number of nitrogens with zero attached hydrogens (tertiary/aromatic N) is 3. The quantitative estimate of drug-likeness (QED) is 0.642. The van der Waals surface area contributed by atoms with E-state index in [2.05, 4.69) is 4.90 Å². The van der Waals surface area contributed by atoms with Gasteiger partial charge in [0.15, 0.2) is 0 Å².